The highest BCUT2D eigenvalue weighted by molar-refractivity contribution is 9.09. The van der Waals surface area contributed by atoms with Crippen molar-refractivity contribution in [1.29, 1.82) is 0 Å². The molecule has 0 spiro atoms. The standard InChI is InChI=1S/C23H16BrNO4/c24-15-20(26)29-23(16-9-3-1-4-10-16)21(27)18-13-7-8-14-19(18)25(22(23)28)17-11-5-2-6-12-17/h1-14H,15H2. The predicted molar refractivity (Wildman–Crippen MR) is 112 cm³/mol. The first kappa shape index (κ1) is 19.1. The maximum atomic E-state index is 13.9. The number of nitrogens with zero attached hydrogens (tertiary/aromatic N) is 1. The van der Waals surface area contributed by atoms with Gasteiger partial charge in [0, 0.05) is 16.8 Å². The van der Waals surface area contributed by atoms with E-state index in [-0.39, 0.29) is 5.33 Å². The van der Waals surface area contributed by atoms with Crippen LogP contribution in [0.2, 0.25) is 0 Å². The zero-order valence-electron chi connectivity index (χ0n) is 15.2. The SMILES string of the molecule is O=C(CBr)OC1(c2ccccc2)C(=O)c2ccccc2N(c2ccccc2)C1=O. The third kappa shape index (κ3) is 3.06. The first-order chi connectivity index (χ1) is 14.1. The Bertz CT molecular complexity index is 1080. The van der Waals surface area contributed by atoms with E-state index in [1.807, 2.05) is 6.07 Å². The Kier molecular flexibility index (Phi) is 5.03. The number of hydrogen-bond acceptors (Lipinski definition) is 4. The van der Waals surface area contributed by atoms with Crippen LogP contribution in [0.1, 0.15) is 15.9 Å². The van der Waals surface area contributed by atoms with Crippen molar-refractivity contribution >= 4 is 45.0 Å². The Hall–Kier alpha value is -3.25. The van der Waals surface area contributed by atoms with Crippen LogP contribution in [0, 0.1) is 0 Å². The van der Waals surface area contributed by atoms with E-state index in [1.165, 1.54) is 4.90 Å². The summed E-state index contributed by atoms with van der Waals surface area (Å²) in [6, 6.07) is 24.2. The van der Waals surface area contributed by atoms with Gasteiger partial charge in [0.15, 0.2) is 0 Å². The molecule has 1 aliphatic rings. The van der Waals surface area contributed by atoms with E-state index in [4.69, 9.17) is 4.74 Å². The summed E-state index contributed by atoms with van der Waals surface area (Å²) in [5.74, 6) is -1.90. The molecule has 1 atom stereocenters. The minimum absolute atomic E-state index is 0.144. The molecule has 0 radical (unpaired) electrons. The number of carbonyl (C=O) groups excluding carboxylic acids is 3. The molecule has 29 heavy (non-hydrogen) atoms. The summed E-state index contributed by atoms with van der Waals surface area (Å²) < 4.78 is 5.62. The zero-order valence-corrected chi connectivity index (χ0v) is 16.8. The summed E-state index contributed by atoms with van der Waals surface area (Å²) in [4.78, 5) is 41.3. The molecule has 1 amide bonds. The molecule has 5 nitrogen and oxygen atoms in total. The zero-order chi connectivity index (χ0) is 20.4. The number of para-hydroxylation sites is 2. The summed E-state index contributed by atoms with van der Waals surface area (Å²) in [5, 5.41) is -0.144. The van der Waals surface area contributed by atoms with Crippen molar-refractivity contribution in [3.05, 3.63) is 96.1 Å². The maximum absolute atomic E-state index is 13.9. The van der Waals surface area contributed by atoms with Crippen molar-refractivity contribution in [3.63, 3.8) is 0 Å². The van der Waals surface area contributed by atoms with Gasteiger partial charge in [-0.1, -0.05) is 76.6 Å². The second kappa shape index (κ2) is 7.64. The van der Waals surface area contributed by atoms with E-state index in [0.29, 0.717) is 22.5 Å². The number of ether oxygens (including phenoxy) is 1. The Labute approximate surface area is 176 Å². The van der Waals surface area contributed by atoms with E-state index in [9.17, 15) is 14.4 Å². The third-order valence-electron chi connectivity index (χ3n) is 4.78. The fourth-order valence-corrected chi connectivity index (χ4v) is 3.64. The van der Waals surface area contributed by atoms with Crippen LogP contribution in [-0.2, 0) is 19.9 Å². The summed E-state index contributed by atoms with van der Waals surface area (Å²) in [5.41, 5.74) is -0.458. The lowest BCUT2D eigenvalue weighted by atomic mass is 9.80. The van der Waals surface area contributed by atoms with E-state index < -0.39 is 23.3 Å². The molecular formula is C23H16BrNO4. The van der Waals surface area contributed by atoms with Crippen molar-refractivity contribution in [3.8, 4) is 0 Å². The van der Waals surface area contributed by atoms with E-state index >= 15 is 0 Å². The number of hydrogen-bond donors (Lipinski definition) is 0. The number of fused-ring (bicyclic) bond motifs is 1. The first-order valence-corrected chi connectivity index (χ1v) is 10.1. The minimum Gasteiger partial charge on any atom is -0.435 e. The Balaban J connectivity index is 2.02. The topological polar surface area (TPSA) is 63.7 Å². The molecule has 144 valence electrons. The van der Waals surface area contributed by atoms with Crippen LogP contribution in [-0.4, -0.2) is 23.0 Å². The predicted octanol–water partition coefficient (Wildman–Crippen LogP) is 4.38. The van der Waals surface area contributed by atoms with Gasteiger partial charge in [-0.25, -0.2) is 0 Å². The number of alkyl halides is 1. The molecular weight excluding hydrogens is 434 g/mol. The number of rotatable bonds is 4. The summed E-state index contributed by atoms with van der Waals surface area (Å²) in [7, 11) is 0. The van der Waals surface area contributed by atoms with Crippen molar-refractivity contribution in [2.24, 2.45) is 0 Å². The lowest BCUT2D eigenvalue weighted by Crippen LogP contribution is -2.57. The number of esters is 1. The largest absolute Gasteiger partial charge is 0.435 e. The van der Waals surface area contributed by atoms with Crippen molar-refractivity contribution in [2.45, 2.75) is 5.60 Å². The van der Waals surface area contributed by atoms with Crippen LogP contribution >= 0.6 is 15.9 Å². The number of anilines is 2. The number of amides is 1. The highest BCUT2D eigenvalue weighted by Gasteiger charge is 2.57. The summed E-state index contributed by atoms with van der Waals surface area (Å²) in [6.45, 7) is 0. The number of carbonyl (C=O) groups is 3. The molecule has 1 heterocycles. The molecule has 0 fully saturated rings. The monoisotopic (exact) mass is 449 g/mol. The van der Waals surface area contributed by atoms with Gasteiger partial charge in [0.1, 0.15) is 5.33 Å². The maximum Gasteiger partial charge on any atom is 0.318 e. The van der Waals surface area contributed by atoms with Gasteiger partial charge in [0.05, 0.1) is 5.69 Å². The quantitative estimate of drug-likeness (QED) is 0.336. The van der Waals surface area contributed by atoms with Gasteiger partial charge in [-0.2, -0.15) is 0 Å². The van der Waals surface area contributed by atoms with Crippen LogP contribution in [0.3, 0.4) is 0 Å². The number of halogens is 1. The van der Waals surface area contributed by atoms with E-state index in [2.05, 4.69) is 15.9 Å². The average Bonchev–Trinajstić information content (AvgIpc) is 2.78. The number of ketones is 1. The van der Waals surface area contributed by atoms with E-state index in [1.54, 1.807) is 78.9 Å². The number of Topliss-reactive ketones (excluding diaryl/α,β-unsaturated/α-hetero) is 1. The Morgan fingerprint density at radius 3 is 2.10 bits per heavy atom. The molecule has 0 saturated heterocycles. The lowest BCUT2D eigenvalue weighted by molar-refractivity contribution is -0.160. The Morgan fingerprint density at radius 1 is 0.862 bits per heavy atom. The lowest BCUT2D eigenvalue weighted by Gasteiger charge is -2.40. The van der Waals surface area contributed by atoms with Gasteiger partial charge < -0.3 is 4.74 Å². The molecule has 0 aliphatic carbocycles. The first-order valence-electron chi connectivity index (χ1n) is 8.96. The van der Waals surface area contributed by atoms with Crippen LogP contribution in [0.4, 0.5) is 11.4 Å². The van der Waals surface area contributed by atoms with Gasteiger partial charge in [-0.05, 0) is 24.3 Å². The minimum atomic E-state index is -2.10. The van der Waals surface area contributed by atoms with Gasteiger partial charge in [-0.15, -0.1) is 0 Å². The van der Waals surface area contributed by atoms with Crippen molar-refractivity contribution in [2.75, 3.05) is 10.2 Å². The summed E-state index contributed by atoms with van der Waals surface area (Å²) in [6.07, 6.45) is 0. The smallest absolute Gasteiger partial charge is 0.318 e. The van der Waals surface area contributed by atoms with Crippen LogP contribution in [0.25, 0.3) is 0 Å². The number of benzene rings is 3. The fourth-order valence-electron chi connectivity index (χ4n) is 3.52. The second-order valence-electron chi connectivity index (χ2n) is 6.48. The normalized spacial score (nSPS) is 18.3. The molecule has 1 aliphatic heterocycles. The molecule has 0 N–H and O–H groups in total. The van der Waals surface area contributed by atoms with Crippen molar-refractivity contribution in [1.82, 2.24) is 0 Å². The molecule has 3 aromatic carbocycles. The molecule has 0 saturated carbocycles. The third-order valence-corrected chi connectivity index (χ3v) is 5.24. The van der Waals surface area contributed by atoms with E-state index in [0.717, 1.165) is 0 Å². The second-order valence-corrected chi connectivity index (χ2v) is 7.04. The molecule has 6 heteroatoms. The molecule has 1 unspecified atom stereocenters. The molecule has 0 bridgehead atoms. The van der Waals surface area contributed by atoms with Gasteiger partial charge in [-0.3, -0.25) is 19.3 Å². The highest BCUT2D eigenvalue weighted by Crippen LogP contribution is 2.44. The molecule has 4 rings (SSSR count). The average molecular weight is 450 g/mol. The highest BCUT2D eigenvalue weighted by atomic mass is 79.9. The fraction of sp³-hybridized carbons (Fsp3) is 0.0870. The summed E-state index contributed by atoms with van der Waals surface area (Å²) >= 11 is 3.06. The van der Waals surface area contributed by atoms with Crippen LogP contribution < -0.4 is 4.90 Å². The van der Waals surface area contributed by atoms with Crippen LogP contribution in [0.5, 0.6) is 0 Å². The van der Waals surface area contributed by atoms with Gasteiger partial charge >= 0.3 is 5.97 Å². The van der Waals surface area contributed by atoms with Crippen LogP contribution in [0.15, 0.2) is 84.9 Å². The van der Waals surface area contributed by atoms with Crippen molar-refractivity contribution < 1.29 is 19.1 Å². The Morgan fingerprint density at radius 2 is 1.45 bits per heavy atom. The molecule has 3 aromatic rings. The van der Waals surface area contributed by atoms with Gasteiger partial charge in [0.2, 0.25) is 5.78 Å². The van der Waals surface area contributed by atoms with Gasteiger partial charge in [0.25, 0.3) is 11.5 Å². The molecule has 0 aromatic heterocycles.